The fraction of sp³-hybridized carbons (Fsp3) is 0.333. The molecule has 124 valence electrons. The van der Waals surface area contributed by atoms with Crippen molar-refractivity contribution in [3.05, 3.63) is 36.1 Å². The molecule has 7 nitrogen and oxygen atoms in total. The van der Waals surface area contributed by atoms with Crippen molar-refractivity contribution in [3.63, 3.8) is 0 Å². The van der Waals surface area contributed by atoms with E-state index in [0.717, 1.165) is 36.2 Å². The summed E-state index contributed by atoms with van der Waals surface area (Å²) in [6.45, 7) is 1.63. The lowest BCUT2D eigenvalue weighted by Crippen LogP contribution is -2.38. The number of nitrogens with zero attached hydrogens (tertiary/aromatic N) is 5. The van der Waals surface area contributed by atoms with Crippen molar-refractivity contribution in [2.75, 3.05) is 23.3 Å². The second-order valence-corrected chi connectivity index (χ2v) is 7.37. The van der Waals surface area contributed by atoms with Crippen LogP contribution in [0.3, 0.4) is 0 Å². The van der Waals surface area contributed by atoms with Gasteiger partial charge in [0, 0.05) is 43.0 Å². The molecule has 0 aliphatic carbocycles. The molecule has 1 aliphatic rings. The molecule has 0 saturated carbocycles. The average Bonchev–Trinajstić information content (AvgIpc) is 3.36. The fourth-order valence-electron chi connectivity index (χ4n) is 2.73. The number of carbonyl (C=O) groups excluding carboxylic acids is 1. The van der Waals surface area contributed by atoms with Crippen LogP contribution in [0.15, 0.2) is 36.1 Å². The number of aromatic nitrogens is 4. The molecule has 3 aromatic heterocycles. The van der Waals surface area contributed by atoms with Gasteiger partial charge in [0.05, 0.1) is 0 Å². The summed E-state index contributed by atoms with van der Waals surface area (Å²) in [4.78, 5) is 18.6. The fourth-order valence-corrected chi connectivity index (χ4v) is 4.13. The minimum Gasteiger partial charge on any atom is -0.347 e. The van der Waals surface area contributed by atoms with E-state index >= 15 is 0 Å². The van der Waals surface area contributed by atoms with Crippen LogP contribution in [0.1, 0.15) is 12.8 Å². The van der Waals surface area contributed by atoms with E-state index in [0.29, 0.717) is 5.13 Å². The highest BCUT2D eigenvalue weighted by atomic mass is 32.1. The first kappa shape index (κ1) is 15.3. The van der Waals surface area contributed by atoms with Crippen LogP contribution in [0.2, 0.25) is 0 Å². The van der Waals surface area contributed by atoms with E-state index in [4.69, 9.17) is 0 Å². The number of piperidine rings is 1. The van der Waals surface area contributed by atoms with Gasteiger partial charge >= 0.3 is 0 Å². The van der Waals surface area contributed by atoms with Crippen LogP contribution in [-0.4, -0.2) is 38.7 Å². The Morgan fingerprint density at radius 3 is 2.62 bits per heavy atom. The molecule has 24 heavy (non-hydrogen) atoms. The average molecular weight is 360 g/mol. The van der Waals surface area contributed by atoms with Crippen molar-refractivity contribution in [1.29, 1.82) is 0 Å². The van der Waals surface area contributed by atoms with E-state index in [-0.39, 0.29) is 11.8 Å². The van der Waals surface area contributed by atoms with Crippen LogP contribution in [0.25, 0.3) is 5.13 Å². The van der Waals surface area contributed by atoms with Crippen molar-refractivity contribution in [2.45, 2.75) is 12.8 Å². The first-order chi connectivity index (χ1) is 11.8. The molecular weight excluding hydrogens is 344 g/mol. The summed E-state index contributed by atoms with van der Waals surface area (Å²) in [5, 5.41) is 15.7. The Kier molecular flexibility index (Phi) is 4.26. The summed E-state index contributed by atoms with van der Waals surface area (Å²) in [6.07, 6.45) is 7.24. The van der Waals surface area contributed by atoms with Crippen LogP contribution < -0.4 is 10.2 Å². The van der Waals surface area contributed by atoms with Gasteiger partial charge in [-0.25, -0.2) is 4.98 Å². The van der Waals surface area contributed by atoms with Gasteiger partial charge in [-0.3, -0.25) is 9.36 Å². The summed E-state index contributed by atoms with van der Waals surface area (Å²) < 4.78 is 1.95. The molecule has 4 rings (SSSR count). The number of hydrogen-bond donors (Lipinski definition) is 1. The molecule has 0 spiro atoms. The van der Waals surface area contributed by atoms with Gasteiger partial charge in [0.25, 0.3) is 0 Å². The first-order valence-corrected chi connectivity index (χ1v) is 9.41. The summed E-state index contributed by atoms with van der Waals surface area (Å²) in [6, 6.07) is 3.93. The third kappa shape index (κ3) is 3.17. The minimum absolute atomic E-state index is 0.0296. The Labute approximate surface area is 147 Å². The zero-order valence-corrected chi connectivity index (χ0v) is 14.5. The van der Waals surface area contributed by atoms with Crippen molar-refractivity contribution in [3.8, 4) is 5.13 Å². The van der Waals surface area contributed by atoms with Crippen molar-refractivity contribution >= 4 is 38.8 Å². The van der Waals surface area contributed by atoms with E-state index in [2.05, 4.69) is 25.4 Å². The predicted octanol–water partition coefficient (Wildman–Crippen LogP) is 2.64. The normalized spacial score (nSPS) is 15.6. The van der Waals surface area contributed by atoms with Crippen molar-refractivity contribution in [1.82, 2.24) is 19.7 Å². The lowest BCUT2D eigenvalue weighted by atomic mass is 9.96. The van der Waals surface area contributed by atoms with Gasteiger partial charge in [-0.1, -0.05) is 11.3 Å². The number of carbonyl (C=O) groups is 1. The lowest BCUT2D eigenvalue weighted by molar-refractivity contribution is -0.120. The van der Waals surface area contributed by atoms with Crippen molar-refractivity contribution < 1.29 is 4.79 Å². The predicted molar refractivity (Wildman–Crippen MR) is 94.9 cm³/mol. The third-order valence-corrected chi connectivity index (χ3v) is 5.71. The number of rotatable bonds is 4. The minimum atomic E-state index is 0.0296. The molecular formula is C15H16N6OS2. The molecule has 3 aromatic rings. The number of amides is 1. The van der Waals surface area contributed by atoms with E-state index in [1.807, 2.05) is 34.5 Å². The molecule has 0 aromatic carbocycles. The maximum Gasteiger partial charge on any atom is 0.229 e. The second-order valence-electron chi connectivity index (χ2n) is 5.55. The van der Waals surface area contributed by atoms with Crippen LogP contribution in [0, 0.1) is 5.92 Å². The monoisotopic (exact) mass is 360 g/mol. The Balaban J connectivity index is 1.35. The standard InChI is InChI=1S/C15H16N6OS2/c22-12(17-13-16-5-10-23-13)11-3-8-21(9-4-11)15-19-18-14(24-15)20-6-1-2-7-20/h1-2,5-7,10-11H,3-4,8-9H2,(H,16,17,22). The highest BCUT2D eigenvalue weighted by molar-refractivity contribution is 7.17. The number of thiazole rings is 1. The molecule has 9 heteroatoms. The number of anilines is 2. The lowest BCUT2D eigenvalue weighted by Gasteiger charge is -2.30. The summed E-state index contributed by atoms with van der Waals surface area (Å²) in [5.41, 5.74) is 0. The van der Waals surface area contributed by atoms with Gasteiger partial charge in [0.1, 0.15) is 0 Å². The first-order valence-electron chi connectivity index (χ1n) is 7.72. The maximum absolute atomic E-state index is 12.3. The zero-order valence-electron chi connectivity index (χ0n) is 12.8. The van der Waals surface area contributed by atoms with E-state index in [1.165, 1.54) is 11.3 Å². The van der Waals surface area contributed by atoms with Gasteiger partial charge in [0.2, 0.25) is 16.2 Å². The van der Waals surface area contributed by atoms with E-state index in [9.17, 15) is 4.79 Å². The molecule has 0 unspecified atom stereocenters. The zero-order chi connectivity index (χ0) is 16.4. The highest BCUT2D eigenvalue weighted by Gasteiger charge is 2.27. The smallest absolute Gasteiger partial charge is 0.229 e. The number of nitrogens with one attached hydrogen (secondary N) is 1. The van der Waals surface area contributed by atoms with Crippen LogP contribution in [0.4, 0.5) is 10.3 Å². The van der Waals surface area contributed by atoms with E-state index in [1.54, 1.807) is 17.5 Å². The van der Waals surface area contributed by atoms with Crippen molar-refractivity contribution in [2.24, 2.45) is 5.92 Å². The van der Waals surface area contributed by atoms with Gasteiger partial charge in [0.15, 0.2) is 5.13 Å². The van der Waals surface area contributed by atoms with Gasteiger partial charge in [-0.05, 0) is 25.0 Å². The Bertz CT molecular complexity index is 790. The molecule has 4 heterocycles. The Morgan fingerprint density at radius 1 is 1.17 bits per heavy atom. The molecule has 1 aliphatic heterocycles. The number of hydrogen-bond acceptors (Lipinski definition) is 7. The second kappa shape index (κ2) is 6.70. The SMILES string of the molecule is O=C(Nc1nccs1)C1CCN(c2nnc(-n3cccc3)s2)CC1. The highest BCUT2D eigenvalue weighted by Crippen LogP contribution is 2.28. The molecule has 1 saturated heterocycles. The molecule has 1 N–H and O–H groups in total. The van der Waals surface area contributed by atoms with Gasteiger partial charge in [-0.2, -0.15) is 0 Å². The van der Waals surface area contributed by atoms with Gasteiger partial charge in [-0.15, -0.1) is 21.5 Å². The molecule has 0 bridgehead atoms. The summed E-state index contributed by atoms with van der Waals surface area (Å²) >= 11 is 3.01. The largest absolute Gasteiger partial charge is 0.347 e. The third-order valence-electron chi connectivity index (χ3n) is 4.03. The summed E-state index contributed by atoms with van der Waals surface area (Å²) in [7, 11) is 0. The Morgan fingerprint density at radius 2 is 1.92 bits per heavy atom. The molecule has 0 radical (unpaired) electrons. The molecule has 0 atom stereocenters. The quantitative estimate of drug-likeness (QED) is 0.774. The van der Waals surface area contributed by atoms with E-state index < -0.39 is 0 Å². The summed E-state index contributed by atoms with van der Waals surface area (Å²) in [5.74, 6) is 0.0943. The van der Waals surface area contributed by atoms with Crippen LogP contribution >= 0.6 is 22.7 Å². The maximum atomic E-state index is 12.3. The molecule has 1 amide bonds. The van der Waals surface area contributed by atoms with Gasteiger partial charge < -0.3 is 10.2 Å². The topological polar surface area (TPSA) is 75.9 Å². The molecule has 1 fully saturated rings. The Hall–Kier alpha value is -2.26. The van der Waals surface area contributed by atoms with Crippen LogP contribution in [-0.2, 0) is 4.79 Å². The van der Waals surface area contributed by atoms with Crippen LogP contribution in [0.5, 0.6) is 0 Å².